The maximum Gasteiger partial charge on any atom is 0.328 e. The van der Waals surface area contributed by atoms with Crippen LogP contribution in [0.2, 0.25) is 0 Å². The van der Waals surface area contributed by atoms with Gasteiger partial charge in [0.2, 0.25) is 6.41 Å². The second kappa shape index (κ2) is 19.5. The third kappa shape index (κ3) is 14.2. The summed E-state index contributed by atoms with van der Waals surface area (Å²) in [6.07, 6.45) is 17.3. The first-order valence-corrected chi connectivity index (χ1v) is 14.9. The van der Waals surface area contributed by atoms with Gasteiger partial charge >= 0.3 is 11.9 Å². The van der Waals surface area contributed by atoms with Crippen LogP contribution in [0.25, 0.3) is 0 Å². The lowest BCUT2D eigenvalue weighted by Crippen LogP contribution is -2.48. The molecule has 36 heavy (non-hydrogen) atoms. The number of unbranched alkanes of at least 4 members (excludes halogenated alkanes) is 9. The van der Waals surface area contributed by atoms with Gasteiger partial charge < -0.3 is 14.8 Å². The zero-order valence-electron chi connectivity index (χ0n) is 23.9. The van der Waals surface area contributed by atoms with Gasteiger partial charge in [0, 0.05) is 6.42 Å². The fourth-order valence-corrected chi connectivity index (χ4v) is 5.03. The highest BCUT2D eigenvalue weighted by molar-refractivity contribution is 5.79. The number of carbonyl (C=O) groups excluding carboxylic acids is 3. The van der Waals surface area contributed by atoms with Gasteiger partial charge in [-0.05, 0) is 37.5 Å². The van der Waals surface area contributed by atoms with Crippen LogP contribution in [0, 0.1) is 17.8 Å². The van der Waals surface area contributed by atoms with Crippen molar-refractivity contribution in [1.29, 1.82) is 0 Å². The molecule has 1 aliphatic heterocycles. The van der Waals surface area contributed by atoms with Gasteiger partial charge in [-0.25, -0.2) is 4.79 Å². The number of carbonyl (C=O) groups is 3. The van der Waals surface area contributed by atoms with Crippen molar-refractivity contribution in [2.45, 2.75) is 156 Å². The zero-order chi connectivity index (χ0) is 26.8. The molecule has 1 N–H and O–H groups in total. The molecule has 1 fully saturated rings. The number of ether oxygens (including phenoxy) is 2. The van der Waals surface area contributed by atoms with Crippen LogP contribution in [0.15, 0.2) is 0 Å². The van der Waals surface area contributed by atoms with Crippen LogP contribution in [-0.4, -0.2) is 36.6 Å². The van der Waals surface area contributed by atoms with Gasteiger partial charge in [-0.3, -0.25) is 9.59 Å². The van der Waals surface area contributed by atoms with Crippen LogP contribution in [0.4, 0.5) is 0 Å². The van der Waals surface area contributed by atoms with Crippen molar-refractivity contribution < 1.29 is 23.9 Å². The van der Waals surface area contributed by atoms with Crippen LogP contribution in [-0.2, 0) is 23.9 Å². The molecule has 1 rings (SSSR count). The van der Waals surface area contributed by atoms with Crippen molar-refractivity contribution in [2.24, 2.45) is 17.8 Å². The minimum atomic E-state index is -0.635. The van der Waals surface area contributed by atoms with Gasteiger partial charge in [0.15, 0.2) is 0 Å². The highest BCUT2D eigenvalue weighted by Crippen LogP contribution is 2.33. The van der Waals surface area contributed by atoms with Gasteiger partial charge in [0.05, 0.1) is 5.92 Å². The van der Waals surface area contributed by atoms with Crippen molar-refractivity contribution in [3.8, 4) is 0 Å². The van der Waals surface area contributed by atoms with E-state index in [1.807, 2.05) is 13.8 Å². The van der Waals surface area contributed by atoms with Crippen LogP contribution in [0.5, 0.6) is 0 Å². The molecule has 0 unspecified atom stereocenters. The van der Waals surface area contributed by atoms with E-state index in [4.69, 9.17) is 9.47 Å². The number of rotatable bonds is 23. The predicted octanol–water partition coefficient (Wildman–Crippen LogP) is 7.13. The van der Waals surface area contributed by atoms with Gasteiger partial charge in [0.1, 0.15) is 18.2 Å². The van der Waals surface area contributed by atoms with E-state index in [1.165, 1.54) is 51.4 Å². The smallest absolute Gasteiger partial charge is 0.328 e. The monoisotopic (exact) mass is 520 g/mol. The zero-order valence-corrected chi connectivity index (χ0v) is 23.9. The van der Waals surface area contributed by atoms with Gasteiger partial charge in [-0.2, -0.15) is 0 Å². The topological polar surface area (TPSA) is 81.7 Å². The molecule has 6 heteroatoms. The molecule has 1 amide bonds. The van der Waals surface area contributed by atoms with E-state index in [0.717, 1.165) is 38.5 Å². The van der Waals surface area contributed by atoms with Crippen molar-refractivity contribution in [3.05, 3.63) is 0 Å². The van der Waals surface area contributed by atoms with Gasteiger partial charge in [0.25, 0.3) is 0 Å². The molecule has 0 aromatic heterocycles. The lowest BCUT2D eigenvalue weighted by atomic mass is 9.88. The quantitative estimate of drug-likeness (QED) is 0.0671. The summed E-state index contributed by atoms with van der Waals surface area (Å²) in [7, 11) is 0. The number of nitrogens with one attached hydrogen (secondary N) is 1. The van der Waals surface area contributed by atoms with E-state index < -0.39 is 6.04 Å². The molecule has 0 aliphatic carbocycles. The maximum absolute atomic E-state index is 12.9. The van der Waals surface area contributed by atoms with Crippen molar-refractivity contribution >= 4 is 18.3 Å². The Bertz CT molecular complexity index is 606. The molecular weight excluding hydrogens is 465 g/mol. The summed E-state index contributed by atoms with van der Waals surface area (Å²) in [5, 5.41) is 2.62. The third-order valence-electron chi connectivity index (χ3n) is 7.23. The highest BCUT2D eigenvalue weighted by atomic mass is 16.6. The maximum atomic E-state index is 12.9. The minimum absolute atomic E-state index is 0.0824. The van der Waals surface area contributed by atoms with Gasteiger partial charge in [-0.1, -0.05) is 105 Å². The Balaban J connectivity index is 2.59. The molecule has 210 valence electrons. The average molecular weight is 521 g/mol. The van der Waals surface area contributed by atoms with Gasteiger partial charge in [-0.15, -0.1) is 0 Å². The minimum Gasteiger partial charge on any atom is -0.461 e. The number of cyclic esters (lactones) is 1. The standard InChI is InChI=1S/C30H55NO5/c1-6-7-8-9-10-11-12-13-14-18-25(35-30(34)27(31-22-32)20-24(4)5)21-28-26(29(33)36-28)19-16-15-17-23(2)3/h22-28H,6-21H2,1-5H3,(H,31,32)/t25-,26-,27+,28-/m0/s1/i2+1,3+1,4+1,5+1,15+1,17+1,20+1,23+1,24+1,27+1,30+1. The molecule has 4 atom stereocenters. The first-order chi connectivity index (χ1) is 17.3. The van der Waals surface area contributed by atoms with Crippen LogP contribution < -0.4 is 5.32 Å². The summed E-state index contributed by atoms with van der Waals surface area (Å²) < 4.78 is 11.4. The molecule has 1 aliphatic rings. The summed E-state index contributed by atoms with van der Waals surface area (Å²) in [6, 6.07) is -0.635. The average Bonchev–Trinajstić information content (AvgIpc) is 2.81. The fourth-order valence-electron chi connectivity index (χ4n) is 5.03. The molecular formula is C30H55NO5. The third-order valence-corrected chi connectivity index (χ3v) is 7.23. The second-order valence-electron chi connectivity index (χ2n) is 11.6. The molecule has 1 heterocycles. The van der Waals surface area contributed by atoms with Crippen molar-refractivity contribution in [3.63, 3.8) is 0 Å². The fraction of sp³-hybridized carbons (Fsp3) is 0.900. The van der Waals surface area contributed by atoms with E-state index in [-0.39, 0.29) is 36.0 Å². The molecule has 0 spiro atoms. The highest BCUT2D eigenvalue weighted by Gasteiger charge is 2.43. The lowest BCUT2D eigenvalue weighted by Gasteiger charge is -2.37. The Labute approximate surface area is 221 Å². The molecule has 0 saturated carbocycles. The SMILES string of the molecule is CCCCCCCCCCC[C@@H](C[C@@H]1OC(=O)[C@H]1CC[13CH2][13CH2][13CH]([13CH3])[13CH3])O[13C](=O)[13C@@H]([13CH2][13CH]([13CH3])[13CH3])NC=O. The van der Waals surface area contributed by atoms with Crippen LogP contribution >= 0.6 is 0 Å². The largest absolute Gasteiger partial charge is 0.461 e. The number of amides is 1. The summed E-state index contributed by atoms with van der Waals surface area (Å²) in [4.78, 5) is 36.1. The normalized spacial score (nSPS) is 19.0. The summed E-state index contributed by atoms with van der Waals surface area (Å²) in [5.41, 5.74) is 0. The predicted molar refractivity (Wildman–Crippen MR) is 145 cm³/mol. The van der Waals surface area contributed by atoms with E-state index in [0.29, 0.717) is 25.2 Å². The summed E-state index contributed by atoms with van der Waals surface area (Å²) in [6.45, 7) is 10.7. The Morgan fingerprint density at radius 1 is 0.917 bits per heavy atom. The first-order valence-electron chi connectivity index (χ1n) is 14.9. The van der Waals surface area contributed by atoms with E-state index in [1.54, 1.807) is 0 Å². The van der Waals surface area contributed by atoms with E-state index >= 15 is 0 Å². The molecule has 6 nitrogen and oxygen atoms in total. The lowest BCUT2D eigenvalue weighted by molar-refractivity contribution is -0.190. The molecule has 0 bridgehead atoms. The molecule has 0 aromatic rings. The summed E-state index contributed by atoms with van der Waals surface area (Å²) >= 11 is 0. The van der Waals surface area contributed by atoms with Crippen LogP contribution in [0.1, 0.15) is 137 Å². The van der Waals surface area contributed by atoms with Crippen molar-refractivity contribution in [1.82, 2.24) is 5.32 Å². The number of esters is 2. The molecule has 1 saturated heterocycles. The number of hydrogen-bond acceptors (Lipinski definition) is 5. The Hall–Kier alpha value is -1.59. The Morgan fingerprint density at radius 2 is 1.53 bits per heavy atom. The molecule has 0 aromatic carbocycles. The van der Waals surface area contributed by atoms with Crippen molar-refractivity contribution in [2.75, 3.05) is 0 Å². The van der Waals surface area contributed by atoms with Crippen LogP contribution in [0.3, 0.4) is 0 Å². The first kappa shape index (κ1) is 32.4. The second-order valence-corrected chi connectivity index (χ2v) is 11.6. The van der Waals surface area contributed by atoms with E-state index in [9.17, 15) is 14.4 Å². The van der Waals surface area contributed by atoms with E-state index in [2.05, 4.69) is 26.1 Å². The Morgan fingerprint density at radius 3 is 2.08 bits per heavy atom. The summed E-state index contributed by atoms with van der Waals surface area (Å²) in [5.74, 6) is 0.358. The Kier molecular flexibility index (Phi) is 17.6. The number of hydrogen-bond donors (Lipinski definition) is 1. The molecule has 0 radical (unpaired) electrons.